The molecule has 0 aliphatic heterocycles. The molecule has 66 valence electrons. The Bertz CT molecular complexity index is 178. The zero-order valence-corrected chi connectivity index (χ0v) is 7.53. The third-order valence-electron chi connectivity index (χ3n) is 1.28. The molecule has 0 aromatic rings. The molecule has 0 bridgehead atoms. The molecule has 1 atom stereocenters. The maximum Gasteiger partial charge on any atom is 0.147 e. The number of ketones is 1. The first-order chi connectivity index (χ1) is 5.57. The highest BCUT2D eigenvalue weighted by Crippen LogP contribution is 2.01. The third-order valence-corrected chi connectivity index (χ3v) is 2.18. The smallest absolute Gasteiger partial charge is 0.147 e. The number of rotatable bonds is 6. The van der Waals surface area contributed by atoms with Crippen molar-refractivity contribution in [2.45, 2.75) is 13.0 Å². The van der Waals surface area contributed by atoms with Crippen LogP contribution in [0, 0.1) is 0 Å². The van der Waals surface area contributed by atoms with E-state index < -0.39 is 6.26 Å². The van der Waals surface area contributed by atoms with E-state index in [9.17, 15) is 9.59 Å². The number of nitrogens with one attached hydrogen (secondary N) is 1. The summed E-state index contributed by atoms with van der Waals surface area (Å²) in [7, 11) is 1.70. The van der Waals surface area contributed by atoms with Crippen LogP contribution in [0.5, 0.6) is 0 Å². The van der Waals surface area contributed by atoms with Gasteiger partial charge in [-0.15, -0.1) is 0 Å². The summed E-state index contributed by atoms with van der Waals surface area (Å²) in [6.07, 6.45) is -0.599. The fourth-order valence-corrected chi connectivity index (χ4v) is 1.46. The van der Waals surface area contributed by atoms with Crippen LogP contribution in [0.25, 0.3) is 0 Å². The Hall–Kier alpha value is -0.350. The Morgan fingerprint density at radius 1 is 2.00 bits per heavy atom. The quantitative estimate of drug-likeness (QED) is 0.597. The Morgan fingerprint density at radius 2 is 2.64 bits per heavy atom. The monoisotopic (exact) mass is 179 g/mol. The van der Waals surface area contributed by atoms with E-state index in [0.717, 1.165) is 0 Å². The Kier molecular flexibility index (Phi) is 5.06. The van der Waals surface area contributed by atoms with Crippen molar-refractivity contribution in [2.24, 2.45) is 0 Å². The molecular formula is C7H15NO2S. The van der Waals surface area contributed by atoms with Crippen LogP contribution in [0.3, 0.4) is 0 Å². The predicted octanol–water partition coefficient (Wildman–Crippen LogP) is 0.342. The zero-order valence-electron chi connectivity index (χ0n) is 7.72. The van der Waals surface area contributed by atoms with Crippen molar-refractivity contribution in [1.82, 2.24) is 5.32 Å². The van der Waals surface area contributed by atoms with Gasteiger partial charge in [0.15, 0.2) is 0 Å². The molecular weight excluding hydrogens is 162 g/mol. The minimum absolute atomic E-state index is 0. The van der Waals surface area contributed by atoms with Gasteiger partial charge < -0.3 is 10.1 Å². The highest BCUT2D eigenvalue weighted by molar-refractivity contribution is 7.99. The van der Waals surface area contributed by atoms with Crippen molar-refractivity contribution in [2.75, 3.05) is 18.6 Å². The van der Waals surface area contributed by atoms with Gasteiger partial charge in [-0.05, 0) is 14.0 Å². The molecule has 0 fully saturated rings. The second-order valence-corrected chi connectivity index (χ2v) is 3.14. The maximum atomic E-state index is 10.8. The van der Waals surface area contributed by atoms with Gasteiger partial charge in [0.25, 0.3) is 0 Å². The summed E-state index contributed by atoms with van der Waals surface area (Å²) >= 11 is 1.30. The van der Waals surface area contributed by atoms with Crippen LogP contribution < -0.4 is 5.32 Å². The summed E-state index contributed by atoms with van der Waals surface area (Å²) in [4.78, 5) is 21.1. The standard InChI is InChI=1S/C7H13NO2S.H2/c1-6(10)7(8-2)5-11-4-3-9;/h3,7-8H,4-5H2,1-2H3;1H/i3T;. The van der Waals surface area contributed by atoms with E-state index >= 15 is 0 Å². The molecule has 4 heteroatoms. The van der Waals surface area contributed by atoms with Crippen LogP contribution in [-0.2, 0) is 9.59 Å². The lowest BCUT2D eigenvalue weighted by atomic mass is 10.2. The molecule has 0 amide bonds. The molecule has 0 saturated heterocycles. The number of carbonyl (C=O) groups is 2. The molecule has 0 rings (SSSR count). The third kappa shape index (κ3) is 4.98. The van der Waals surface area contributed by atoms with Crippen LogP contribution in [0.1, 0.15) is 9.72 Å². The van der Waals surface area contributed by atoms with Gasteiger partial charge in [-0.3, -0.25) is 4.79 Å². The van der Waals surface area contributed by atoms with Crippen molar-refractivity contribution in [1.29, 1.82) is 0 Å². The van der Waals surface area contributed by atoms with E-state index in [1.165, 1.54) is 18.7 Å². The molecule has 0 radical (unpaired) electrons. The van der Waals surface area contributed by atoms with E-state index in [0.29, 0.717) is 5.75 Å². The number of carbonyl (C=O) groups excluding carboxylic acids is 2. The second kappa shape index (κ2) is 6.37. The Labute approximate surface area is 73.8 Å². The van der Waals surface area contributed by atoms with Crippen LogP contribution in [0.4, 0.5) is 0 Å². The average Bonchev–Trinajstić information content (AvgIpc) is 1.96. The van der Waals surface area contributed by atoms with Gasteiger partial charge in [-0.1, -0.05) is 0 Å². The Morgan fingerprint density at radius 3 is 3.00 bits per heavy atom. The van der Waals surface area contributed by atoms with Gasteiger partial charge in [-0.25, -0.2) is 0 Å². The van der Waals surface area contributed by atoms with Crippen LogP contribution >= 0.6 is 11.8 Å². The normalized spacial score (nSPS) is 13.8. The number of thioether (sulfide) groups is 1. The van der Waals surface area contributed by atoms with Crippen molar-refractivity contribution in [3.63, 3.8) is 0 Å². The average molecular weight is 179 g/mol. The van der Waals surface area contributed by atoms with Crippen molar-refractivity contribution < 1.29 is 12.4 Å². The molecule has 0 aromatic heterocycles. The van der Waals surface area contributed by atoms with Crippen molar-refractivity contribution in [3.8, 4) is 0 Å². The molecule has 1 unspecified atom stereocenters. The fourth-order valence-electron chi connectivity index (χ4n) is 0.622. The minimum atomic E-state index is -0.599. The van der Waals surface area contributed by atoms with Crippen LogP contribution in [-0.4, -0.2) is 36.6 Å². The molecule has 0 aromatic carbocycles. The highest BCUT2D eigenvalue weighted by atomic mass is 32.2. The largest absolute Gasteiger partial charge is 0.310 e. The summed E-state index contributed by atoms with van der Waals surface area (Å²) in [5.74, 6) is 0.768. The molecule has 0 spiro atoms. The fraction of sp³-hybridized carbons (Fsp3) is 0.714. The number of aldehydes is 1. The van der Waals surface area contributed by atoms with Crippen LogP contribution in [0.2, 0.25) is 0 Å². The van der Waals surface area contributed by atoms with E-state index in [1.807, 2.05) is 0 Å². The maximum absolute atomic E-state index is 10.8. The lowest BCUT2D eigenvalue weighted by molar-refractivity contribution is -0.118. The first kappa shape index (κ1) is 8.74. The number of Topliss-reactive ketones (excluding diaryl/α,β-unsaturated/α-hetero) is 1. The number of likely N-dealkylation sites (N-methyl/N-ethyl adjacent to an activating group) is 1. The summed E-state index contributed by atoms with van der Waals surface area (Å²) < 4.78 is 6.62. The van der Waals surface area contributed by atoms with Crippen LogP contribution in [0.15, 0.2) is 0 Å². The molecule has 0 aliphatic rings. The lowest BCUT2D eigenvalue weighted by Crippen LogP contribution is -2.34. The van der Waals surface area contributed by atoms with E-state index in [1.54, 1.807) is 7.05 Å². The SMILES string of the molecule is [3H]C(=O)CSCC(NC)C(C)=O.[HH]. The molecule has 1 N–H and O–H groups in total. The number of hydrogen-bond donors (Lipinski definition) is 1. The molecule has 11 heavy (non-hydrogen) atoms. The van der Waals surface area contributed by atoms with Gasteiger partial charge in [0.1, 0.15) is 13.4 Å². The topological polar surface area (TPSA) is 46.2 Å². The molecule has 0 heterocycles. The molecule has 0 saturated carbocycles. The lowest BCUT2D eigenvalue weighted by Gasteiger charge is -2.10. The van der Waals surface area contributed by atoms with E-state index in [-0.39, 0.29) is 19.0 Å². The molecule has 0 aliphatic carbocycles. The second-order valence-electron chi connectivity index (χ2n) is 2.11. The Balaban J connectivity index is 0. The summed E-state index contributed by atoms with van der Waals surface area (Å²) in [5, 5.41) is 2.83. The van der Waals surface area contributed by atoms with Gasteiger partial charge >= 0.3 is 0 Å². The van der Waals surface area contributed by atoms with Gasteiger partial charge in [0, 0.05) is 12.9 Å². The van der Waals surface area contributed by atoms with E-state index in [4.69, 9.17) is 1.37 Å². The number of hydrogen-bond acceptors (Lipinski definition) is 4. The van der Waals surface area contributed by atoms with Gasteiger partial charge in [-0.2, -0.15) is 11.8 Å². The first-order valence-electron chi connectivity index (χ1n) is 3.82. The summed E-state index contributed by atoms with van der Waals surface area (Å²) in [5.41, 5.74) is 0. The van der Waals surface area contributed by atoms with E-state index in [2.05, 4.69) is 5.32 Å². The minimum Gasteiger partial charge on any atom is -0.310 e. The summed E-state index contributed by atoms with van der Waals surface area (Å²) in [6.45, 7) is 1.50. The highest BCUT2D eigenvalue weighted by Gasteiger charge is 2.09. The zero-order chi connectivity index (χ0) is 9.56. The van der Waals surface area contributed by atoms with Crippen molar-refractivity contribution >= 4 is 23.8 Å². The van der Waals surface area contributed by atoms with Gasteiger partial charge in [0.05, 0.1) is 6.04 Å². The predicted molar refractivity (Wildman–Crippen MR) is 49.0 cm³/mol. The van der Waals surface area contributed by atoms with Gasteiger partial charge in [0.2, 0.25) is 0 Å². The summed E-state index contributed by atoms with van der Waals surface area (Å²) in [6, 6.07) is -0.200. The van der Waals surface area contributed by atoms with Crippen molar-refractivity contribution in [3.05, 3.63) is 0 Å². The molecule has 3 nitrogen and oxygen atoms in total. The first-order valence-corrected chi connectivity index (χ1v) is 4.48.